The molecule has 0 saturated carbocycles. The first-order valence-corrected chi connectivity index (χ1v) is 9.57. The van der Waals surface area contributed by atoms with Crippen molar-refractivity contribution in [1.29, 1.82) is 0 Å². The molecule has 1 rings (SSSR count). The molecule has 3 atom stereocenters. The summed E-state index contributed by atoms with van der Waals surface area (Å²) < 4.78 is 16.9. The van der Waals surface area contributed by atoms with Gasteiger partial charge in [0, 0.05) is 0 Å². The maximum Gasteiger partial charge on any atom is 0.309 e. The predicted molar refractivity (Wildman–Crippen MR) is 105 cm³/mol. The molecule has 0 aliphatic rings. The van der Waals surface area contributed by atoms with Gasteiger partial charge in [-0.3, -0.25) is 9.59 Å². The highest BCUT2D eigenvalue weighted by Crippen LogP contribution is 2.19. The van der Waals surface area contributed by atoms with Crippen molar-refractivity contribution in [2.24, 2.45) is 11.8 Å². The fourth-order valence-electron chi connectivity index (χ4n) is 2.64. The number of rotatable bonds is 9. The second kappa shape index (κ2) is 10.5. The highest BCUT2D eigenvalue weighted by atomic mass is 16.6. The van der Waals surface area contributed by atoms with E-state index in [1.165, 1.54) is 0 Å². The molecule has 0 amide bonds. The Morgan fingerprint density at radius 2 is 1.59 bits per heavy atom. The molecular formula is C22H34O5. The predicted octanol–water partition coefficient (Wildman–Crippen LogP) is 4.53. The Balaban J connectivity index is 2.58. The Kier molecular flexibility index (Phi) is 8.97. The zero-order valence-electron chi connectivity index (χ0n) is 17.7. The van der Waals surface area contributed by atoms with Crippen LogP contribution in [-0.2, 0) is 30.4 Å². The number of hydrogen-bond acceptors (Lipinski definition) is 5. The topological polar surface area (TPSA) is 61.8 Å². The molecular weight excluding hydrogens is 344 g/mol. The average Bonchev–Trinajstić information content (AvgIpc) is 2.56. The molecule has 0 N–H and O–H groups in total. The van der Waals surface area contributed by atoms with E-state index in [1.807, 2.05) is 51.1 Å². The summed E-state index contributed by atoms with van der Waals surface area (Å²) in [4.78, 5) is 24.4. The lowest BCUT2D eigenvalue weighted by atomic mass is 10.0. The highest BCUT2D eigenvalue weighted by Gasteiger charge is 2.29. The second-order valence-corrected chi connectivity index (χ2v) is 8.34. The molecule has 0 aliphatic carbocycles. The van der Waals surface area contributed by atoms with Crippen LogP contribution in [-0.4, -0.2) is 29.7 Å². The number of benzene rings is 1. The number of hydrogen-bond donors (Lipinski definition) is 0. The maximum atomic E-state index is 12.5. The number of ether oxygens (including phenoxy) is 3. The van der Waals surface area contributed by atoms with Gasteiger partial charge >= 0.3 is 11.9 Å². The third-order valence-electron chi connectivity index (χ3n) is 4.02. The standard InChI is InChI=1S/C22H34O5/c1-15(2)20(17(4)25-14-18-11-9-8-10-12-18)26-21(24)16(3)13-19(23)27-22(5,6)7/h8-12,15-17,20H,13-14H2,1-7H3/t16-,17+,20-/m1/s1. The zero-order chi connectivity index (χ0) is 20.6. The molecule has 0 fully saturated rings. The van der Waals surface area contributed by atoms with Crippen LogP contribution >= 0.6 is 0 Å². The normalized spacial score (nSPS) is 15.1. The molecule has 5 nitrogen and oxygen atoms in total. The number of esters is 2. The first kappa shape index (κ1) is 23.2. The average molecular weight is 379 g/mol. The van der Waals surface area contributed by atoms with Gasteiger partial charge in [-0.15, -0.1) is 0 Å². The van der Waals surface area contributed by atoms with Crippen LogP contribution in [0.5, 0.6) is 0 Å². The summed E-state index contributed by atoms with van der Waals surface area (Å²) in [6.07, 6.45) is -0.648. The van der Waals surface area contributed by atoms with Crippen molar-refractivity contribution in [1.82, 2.24) is 0 Å². The van der Waals surface area contributed by atoms with E-state index in [0.29, 0.717) is 6.61 Å². The van der Waals surface area contributed by atoms with E-state index in [9.17, 15) is 9.59 Å². The molecule has 1 aromatic carbocycles. The van der Waals surface area contributed by atoms with E-state index in [2.05, 4.69) is 0 Å². The van der Waals surface area contributed by atoms with E-state index < -0.39 is 23.5 Å². The smallest absolute Gasteiger partial charge is 0.309 e. The molecule has 0 aliphatic heterocycles. The zero-order valence-corrected chi connectivity index (χ0v) is 17.7. The Morgan fingerprint density at radius 3 is 2.11 bits per heavy atom. The van der Waals surface area contributed by atoms with Crippen LogP contribution in [0.2, 0.25) is 0 Å². The molecule has 0 spiro atoms. The van der Waals surface area contributed by atoms with E-state index in [-0.39, 0.29) is 24.5 Å². The van der Waals surface area contributed by atoms with Crippen molar-refractivity contribution in [2.45, 2.75) is 79.3 Å². The Labute approximate surface area is 163 Å². The monoisotopic (exact) mass is 378 g/mol. The van der Waals surface area contributed by atoms with Crippen molar-refractivity contribution in [3.63, 3.8) is 0 Å². The van der Waals surface area contributed by atoms with Crippen LogP contribution in [0.25, 0.3) is 0 Å². The molecule has 5 heteroatoms. The van der Waals surface area contributed by atoms with Crippen LogP contribution in [0.1, 0.15) is 60.5 Å². The van der Waals surface area contributed by atoms with Gasteiger partial charge in [-0.1, -0.05) is 51.1 Å². The van der Waals surface area contributed by atoms with E-state index in [0.717, 1.165) is 5.56 Å². The molecule has 0 aromatic heterocycles. The molecule has 1 aromatic rings. The van der Waals surface area contributed by atoms with E-state index in [1.54, 1.807) is 27.7 Å². The Hall–Kier alpha value is -1.88. The van der Waals surface area contributed by atoms with Gasteiger partial charge in [0.2, 0.25) is 0 Å². The minimum Gasteiger partial charge on any atom is -0.460 e. The summed E-state index contributed by atoms with van der Waals surface area (Å²) >= 11 is 0. The minimum absolute atomic E-state index is 0.000171. The van der Waals surface area contributed by atoms with Crippen LogP contribution < -0.4 is 0 Å². The quantitative estimate of drug-likeness (QED) is 0.591. The van der Waals surface area contributed by atoms with Crippen LogP contribution in [0.15, 0.2) is 30.3 Å². The van der Waals surface area contributed by atoms with Crippen molar-refractivity contribution >= 4 is 11.9 Å². The van der Waals surface area contributed by atoms with E-state index in [4.69, 9.17) is 14.2 Å². The maximum absolute atomic E-state index is 12.5. The fraction of sp³-hybridized carbons (Fsp3) is 0.636. The molecule has 0 heterocycles. The molecule has 0 radical (unpaired) electrons. The fourth-order valence-corrected chi connectivity index (χ4v) is 2.64. The lowest BCUT2D eigenvalue weighted by Gasteiger charge is -2.29. The first-order chi connectivity index (χ1) is 12.5. The Morgan fingerprint density at radius 1 is 1.00 bits per heavy atom. The third kappa shape index (κ3) is 9.05. The van der Waals surface area contributed by atoms with Crippen LogP contribution in [0, 0.1) is 11.8 Å². The lowest BCUT2D eigenvalue weighted by Crippen LogP contribution is -2.37. The van der Waals surface area contributed by atoms with Gasteiger partial charge in [-0.2, -0.15) is 0 Å². The van der Waals surface area contributed by atoms with Crippen molar-refractivity contribution in [3.05, 3.63) is 35.9 Å². The third-order valence-corrected chi connectivity index (χ3v) is 4.02. The van der Waals surface area contributed by atoms with Gasteiger partial charge in [0.05, 0.1) is 25.0 Å². The molecule has 152 valence electrons. The molecule has 27 heavy (non-hydrogen) atoms. The van der Waals surface area contributed by atoms with Gasteiger partial charge in [-0.05, 0) is 39.2 Å². The highest BCUT2D eigenvalue weighted by molar-refractivity contribution is 5.79. The minimum atomic E-state index is -0.568. The van der Waals surface area contributed by atoms with Gasteiger partial charge in [0.15, 0.2) is 0 Å². The largest absolute Gasteiger partial charge is 0.460 e. The first-order valence-electron chi connectivity index (χ1n) is 9.57. The van der Waals surface area contributed by atoms with E-state index >= 15 is 0 Å². The summed E-state index contributed by atoms with van der Waals surface area (Å²) in [6.45, 7) is 13.4. The number of carbonyl (C=O) groups excluding carboxylic acids is 2. The summed E-state index contributed by atoms with van der Waals surface area (Å²) in [5, 5.41) is 0. The van der Waals surface area contributed by atoms with Crippen molar-refractivity contribution in [2.75, 3.05) is 0 Å². The van der Waals surface area contributed by atoms with Gasteiger partial charge in [-0.25, -0.2) is 0 Å². The van der Waals surface area contributed by atoms with Gasteiger partial charge < -0.3 is 14.2 Å². The van der Waals surface area contributed by atoms with Crippen molar-refractivity contribution < 1.29 is 23.8 Å². The van der Waals surface area contributed by atoms with Gasteiger partial charge in [0.25, 0.3) is 0 Å². The lowest BCUT2D eigenvalue weighted by molar-refractivity contribution is -0.170. The summed E-state index contributed by atoms with van der Waals surface area (Å²) in [7, 11) is 0. The van der Waals surface area contributed by atoms with Gasteiger partial charge in [0.1, 0.15) is 11.7 Å². The summed E-state index contributed by atoms with van der Waals surface area (Å²) in [6, 6.07) is 9.86. The number of carbonyl (C=O) groups is 2. The molecule has 0 bridgehead atoms. The second-order valence-electron chi connectivity index (χ2n) is 8.34. The SMILES string of the molecule is CC(C)[C@@H](OC(=O)[C@H](C)CC(=O)OC(C)(C)C)[C@H](C)OCc1ccccc1. The molecule has 0 unspecified atom stereocenters. The van der Waals surface area contributed by atoms with Crippen molar-refractivity contribution in [3.8, 4) is 0 Å². The molecule has 0 saturated heterocycles. The van der Waals surface area contributed by atoms with Crippen LogP contribution in [0.3, 0.4) is 0 Å². The van der Waals surface area contributed by atoms with Crippen LogP contribution in [0.4, 0.5) is 0 Å². The summed E-state index contributed by atoms with van der Waals surface area (Å²) in [5.74, 6) is -1.29. The summed E-state index contributed by atoms with van der Waals surface area (Å²) in [5.41, 5.74) is 0.498. The Bertz CT molecular complexity index is 588.